The van der Waals surface area contributed by atoms with Gasteiger partial charge in [0.1, 0.15) is 5.75 Å². The quantitative estimate of drug-likeness (QED) is 0.639. The number of nitrogens with zero attached hydrogens (tertiary/aromatic N) is 1. The van der Waals surface area contributed by atoms with Crippen molar-refractivity contribution in [3.8, 4) is 5.75 Å². The maximum atomic E-state index is 11.9. The molecular weight excluding hydrogens is 290 g/mol. The number of ether oxygens (including phenoxy) is 2. The number of carbonyl (C=O) groups excluding carboxylic acids is 1. The second-order valence-electron chi connectivity index (χ2n) is 4.89. The van der Waals surface area contributed by atoms with Crippen molar-refractivity contribution >= 4 is 24.0 Å². The molecule has 0 saturated heterocycles. The third kappa shape index (κ3) is 3.74. The first-order valence-electron chi connectivity index (χ1n) is 7.14. The third-order valence-corrected chi connectivity index (χ3v) is 3.25. The molecule has 0 atom stereocenters. The van der Waals surface area contributed by atoms with Gasteiger partial charge in [0.15, 0.2) is 5.70 Å². The molecule has 3 rings (SSSR count). The summed E-state index contributed by atoms with van der Waals surface area (Å²) in [7, 11) is 1.60. The molecule has 0 aliphatic carbocycles. The van der Waals surface area contributed by atoms with Gasteiger partial charge >= 0.3 is 5.97 Å². The van der Waals surface area contributed by atoms with Crippen molar-refractivity contribution in [2.75, 3.05) is 7.11 Å². The van der Waals surface area contributed by atoms with E-state index in [-0.39, 0.29) is 11.6 Å². The minimum atomic E-state index is -0.458. The van der Waals surface area contributed by atoms with Gasteiger partial charge in [0, 0.05) is 6.08 Å². The van der Waals surface area contributed by atoms with Crippen molar-refractivity contribution in [1.29, 1.82) is 0 Å². The highest BCUT2D eigenvalue weighted by atomic mass is 16.6. The van der Waals surface area contributed by atoms with Crippen molar-refractivity contribution in [1.82, 2.24) is 0 Å². The van der Waals surface area contributed by atoms with Gasteiger partial charge in [0.2, 0.25) is 5.90 Å². The van der Waals surface area contributed by atoms with Gasteiger partial charge in [-0.1, -0.05) is 42.5 Å². The zero-order valence-corrected chi connectivity index (χ0v) is 12.6. The van der Waals surface area contributed by atoms with E-state index in [0.29, 0.717) is 0 Å². The fourth-order valence-electron chi connectivity index (χ4n) is 2.12. The molecule has 0 amide bonds. The lowest BCUT2D eigenvalue weighted by Crippen LogP contribution is -2.01. The summed E-state index contributed by atoms with van der Waals surface area (Å²) in [6.07, 6.45) is 5.20. The molecule has 4 heteroatoms. The van der Waals surface area contributed by atoms with Gasteiger partial charge in [-0.05, 0) is 35.4 Å². The van der Waals surface area contributed by atoms with Crippen molar-refractivity contribution < 1.29 is 14.3 Å². The summed E-state index contributed by atoms with van der Waals surface area (Å²) in [6, 6.07) is 17.1. The van der Waals surface area contributed by atoms with Crippen LogP contribution in [0.5, 0.6) is 5.75 Å². The van der Waals surface area contributed by atoms with Crippen LogP contribution in [0, 0.1) is 0 Å². The summed E-state index contributed by atoms with van der Waals surface area (Å²) < 4.78 is 10.3. The summed E-state index contributed by atoms with van der Waals surface area (Å²) in [5, 5.41) is 0. The number of hydrogen-bond donors (Lipinski definition) is 0. The largest absolute Gasteiger partial charge is 0.497 e. The lowest BCUT2D eigenvalue weighted by atomic mass is 10.2. The molecule has 0 saturated carbocycles. The zero-order chi connectivity index (χ0) is 16.1. The average Bonchev–Trinajstić information content (AvgIpc) is 2.94. The highest BCUT2D eigenvalue weighted by Gasteiger charge is 2.21. The topological polar surface area (TPSA) is 47.9 Å². The predicted molar refractivity (Wildman–Crippen MR) is 90.0 cm³/mol. The minimum absolute atomic E-state index is 0.269. The van der Waals surface area contributed by atoms with Crippen LogP contribution in [0.25, 0.3) is 12.2 Å². The molecule has 1 aliphatic heterocycles. The van der Waals surface area contributed by atoms with E-state index < -0.39 is 5.97 Å². The second kappa shape index (κ2) is 6.75. The summed E-state index contributed by atoms with van der Waals surface area (Å²) in [4.78, 5) is 16.1. The van der Waals surface area contributed by atoms with E-state index in [1.807, 2.05) is 60.7 Å². The molecule has 1 aliphatic rings. The number of aliphatic imine (C=N–C) groups is 1. The Hall–Kier alpha value is -3.14. The van der Waals surface area contributed by atoms with E-state index in [1.165, 1.54) is 0 Å². The molecule has 0 aromatic heterocycles. The van der Waals surface area contributed by atoms with Crippen LogP contribution in [0.3, 0.4) is 0 Å². The number of rotatable bonds is 4. The minimum Gasteiger partial charge on any atom is -0.497 e. The Morgan fingerprint density at radius 2 is 1.78 bits per heavy atom. The number of cyclic esters (lactones) is 1. The lowest BCUT2D eigenvalue weighted by Gasteiger charge is -2.00. The van der Waals surface area contributed by atoms with E-state index in [1.54, 1.807) is 19.3 Å². The Bertz CT molecular complexity index is 804. The molecule has 0 fully saturated rings. The number of methoxy groups -OCH3 is 1. The average molecular weight is 305 g/mol. The molecule has 0 unspecified atom stereocenters. The smallest absolute Gasteiger partial charge is 0.363 e. The van der Waals surface area contributed by atoms with Crippen molar-refractivity contribution in [3.05, 3.63) is 77.5 Å². The van der Waals surface area contributed by atoms with Gasteiger partial charge in [-0.3, -0.25) is 0 Å². The first-order chi connectivity index (χ1) is 11.2. The van der Waals surface area contributed by atoms with Gasteiger partial charge in [-0.25, -0.2) is 9.79 Å². The summed E-state index contributed by atoms with van der Waals surface area (Å²) >= 11 is 0. The maximum Gasteiger partial charge on any atom is 0.363 e. The highest BCUT2D eigenvalue weighted by Crippen LogP contribution is 2.19. The Labute approximate surface area is 134 Å². The molecule has 2 aromatic rings. The molecule has 4 nitrogen and oxygen atoms in total. The van der Waals surface area contributed by atoms with Crippen LogP contribution in [-0.4, -0.2) is 19.0 Å². The Kier molecular flexibility index (Phi) is 4.34. The SMILES string of the molecule is COc1cccc(C=C2N=C(C=Cc3ccccc3)OC2=O)c1. The molecule has 0 spiro atoms. The maximum absolute atomic E-state index is 11.9. The molecule has 0 bridgehead atoms. The van der Waals surface area contributed by atoms with Crippen LogP contribution in [0.4, 0.5) is 0 Å². The van der Waals surface area contributed by atoms with Crippen LogP contribution in [0.1, 0.15) is 11.1 Å². The summed E-state index contributed by atoms with van der Waals surface area (Å²) in [6.45, 7) is 0. The molecule has 114 valence electrons. The normalized spacial score (nSPS) is 15.8. The molecule has 2 aromatic carbocycles. The van der Waals surface area contributed by atoms with Gasteiger partial charge in [0.25, 0.3) is 0 Å². The molecule has 1 heterocycles. The lowest BCUT2D eigenvalue weighted by molar-refractivity contribution is -0.129. The molecule has 0 N–H and O–H groups in total. The van der Waals surface area contributed by atoms with Crippen molar-refractivity contribution in [3.63, 3.8) is 0 Å². The van der Waals surface area contributed by atoms with Gasteiger partial charge in [0.05, 0.1) is 7.11 Å². The second-order valence-corrected chi connectivity index (χ2v) is 4.89. The van der Waals surface area contributed by atoms with Crippen molar-refractivity contribution in [2.45, 2.75) is 0 Å². The molecule has 0 radical (unpaired) electrons. The summed E-state index contributed by atoms with van der Waals surface area (Å²) in [5.41, 5.74) is 2.11. The Morgan fingerprint density at radius 3 is 2.57 bits per heavy atom. The Balaban J connectivity index is 1.80. The number of hydrogen-bond acceptors (Lipinski definition) is 4. The van der Waals surface area contributed by atoms with Crippen molar-refractivity contribution in [2.24, 2.45) is 4.99 Å². The van der Waals surface area contributed by atoms with E-state index in [4.69, 9.17) is 9.47 Å². The predicted octanol–water partition coefficient (Wildman–Crippen LogP) is 3.70. The van der Waals surface area contributed by atoms with Crippen LogP contribution in [0.15, 0.2) is 71.4 Å². The first-order valence-corrected chi connectivity index (χ1v) is 7.14. The fourth-order valence-corrected chi connectivity index (χ4v) is 2.12. The summed E-state index contributed by atoms with van der Waals surface area (Å²) in [5.74, 6) is 0.549. The fraction of sp³-hybridized carbons (Fsp3) is 0.0526. The van der Waals surface area contributed by atoms with Crippen LogP contribution in [-0.2, 0) is 9.53 Å². The zero-order valence-electron chi connectivity index (χ0n) is 12.6. The number of esters is 1. The van der Waals surface area contributed by atoms with Crippen LogP contribution < -0.4 is 4.74 Å². The van der Waals surface area contributed by atoms with E-state index in [9.17, 15) is 4.79 Å². The van der Waals surface area contributed by atoms with E-state index in [2.05, 4.69) is 4.99 Å². The third-order valence-electron chi connectivity index (χ3n) is 3.25. The first kappa shape index (κ1) is 14.8. The molecular formula is C19H15NO3. The van der Waals surface area contributed by atoms with Crippen LogP contribution in [0.2, 0.25) is 0 Å². The van der Waals surface area contributed by atoms with Crippen LogP contribution >= 0.6 is 0 Å². The molecule has 23 heavy (non-hydrogen) atoms. The number of benzene rings is 2. The standard InChI is InChI=1S/C19H15NO3/c1-22-16-9-5-8-15(12-16)13-17-19(21)23-18(20-17)11-10-14-6-3-2-4-7-14/h2-13H,1H3. The highest BCUT2D eigenvalue weighted by molar-refractivity contribution is 6.11. The van der Waals surface area contributed by atoms with Gasteiger partial charge < -0.3 is 9.47 Å². The Morgan fingerprint density at radius 1 is 1.00 bits per heavy atom. The van der Waals surface area contributed by atoms with E-state index in [0.717, 1.165) is 16.9 Å². The number of carbonyl (C=O) groups is 1. The monoisotopic (exact) mass is 305 g/mol. The van der Waals surface area contributed by atoms with Gasteiger partial charge in [-0.15, -0.1) is 0 Å². The van der Waals surface area contributed by atoms with E-state index >= 15 is 0 Å². The van der Waals surface area contributed by atoms with Gasteiger partial charge in [-0.2, -0.15) is 0 Å².